The Hall–Kier alpha value is -2.37. The van der Waals surface area contributed by atoms with E-state index in [1.165, 1.54) is 250 Å². The fourth-order valence-electron chi connectivity index (χ4n) is 9.88. The number of hydrogen-bond acceptors (Lipinski definition) is 6. The molecule has 0 aromatic carbocycles. The standard InChI is InChI=1S/C68H126O6/c1-4-7-10-13-16-19-22-25-28-31-34-37-40-43-46-49-52-55-58-61-67(70)73-64-65(63-72-66(69)60-57-54-51-48-45-42-39-36-33-30-27-24-21-18-15-12-9-6-3)74-68(71)62-59-56-53-50-47-44-41-38-35-32-29-26-23-20-17-14-11-8-5-2/h21,24-25,28,30,33,65H,4-20,22-23,26-27,29,31-32,34-64H2,1-3H3/b24-21-,28-25-,33-30-. The van der Waals surface area contributed by atoms with Crippen molar-refractivity contribution in [3.63, 3.8) is 0 Å². The molecule has 0 rings (SSSR count). The number of carbonyl (C=O) groups is 3. The summed E-state index contributed by atoms with van der Waals surface area (Å²) in [7, 11) is 0. The van der Waals surface area contributed by atoms with Crippen molar-refractivity contribution in [1.29, 1.82) is 0 Å². The van der Waals surface area contributed by atoms with Gasteiger partial charge in [-0.05, 0) is 77.0 Å². The lowest BCUT2D eigenvalue weighted by Crippen LogP contribution is -2.30. The number of unbranched alkanes of at least 4 members (excludes halogenated alkanes) is 44. The largest absolute Gasteiger partial charge is 0.462 e. The van der Waals surface area contributed by atoms with Gasteiger partial charge in [0.25, 0.3) is 0 Å². The average Bonchev–Trinajstić information content (AvgIpc) is 3.40. The van der Waals surface area contributed by atoms with Crippen molar-refractivity contribution in [2.75, 3.05) is 13.2 Å². The zero-order chi connectivity index (χ0) is 53.6. The Kier molecular flexibility index (Phi) is 61.1. The van der Waals surface area contributed by atoms with Gasteiger partial charge in [-0.15, -0.1) is 0 Å². The molecule has 0 aliphatic heterocycles. The molecule has 0 radical (unpaired) electrons. The van der Waals surface area contributed by atoms with Crippen molar-refractivity contribution in [3.05, 3.63) is 36.5 Å². The smallest absolute Gasteiger partial charge is 0.306 e. The topological polar surface area (TPSA) is 78.9 Å². The molecule has 0 heterocycles. The number of allylic oxidation sites excluding steroid dienone is 6. The lowest BCUT2D eigenvalue weighted by molar-refractivity contribution is -0.167. The van der Waals surface area contributed by atoms with Crippen LogP contribution in [-0.2, 0) is 28.6 Å². The molecule has 6 heteroatoms. The van der Waals surface area contributed by atoms with Crippen LogP contribution in [0.15, 0.2) is 36.5 Å². The van der Waals surface area contributed by atoms with Gasteiger partial charge >= 0.3 is 17.9 Å². The third kappa shape index (κ3) is 60.5. The number of esters is 3. The van der Waals surface area contributed by atoms with Crippen LogP contribution in [0.3, 0.4) is 0 Å². The summed E-state index contributed by atoms with van der Waals surface area (Å²) in [5, 5.41) is 0. The van der Waals surface area contributed by atoms with E-state index in [-0.39, 0.29) is 31.1 Å². The number of hydrogen-bond donors (Lipinski definition) is 0. The van der Waals surface area contributed by atoms with Crippen molar-refractivity contribution >= 4 is 17.9 Å². The maximum absolute atomic E-state index is 12.9. The van der Waals surface area contributed by atoms with E-state index < -0.39 is 6.10 Å². The van der Waals surface area contributed by atoms with E-state index in [0.717, 1.165) is 70.6 Å². The highest BCUT2D eigenvalue weighted by Crippen LogP contribution is 2.18. The van der Waals surface area contributed by atoms with Crippen LogP contribution in [0.2, 0.25) is 0 Å². The van der Waals surface area contributed by atoms with Gasteiger partial charge < -0.3 is 14.2 Å². The first-order valence-electron chi connectivity index (χ1n) is 33.0. The summed E-state index contributed by atoms with van der Waals surface area (Å²) in [4.78, 5) is 38.4. The SMILES string of the molecule is CCCCCC/C=C\C/C=C\CCCCCCCCCC(=O)OCC(COC(=O)CCCCCCCCCCC/C=C\CCCCCCCC)OC(=O)CCCCCCCCCCCCCCCCCCCCC. The van der Waals surface area contributed by atoms with Crippen LogP contribution in [0.1, 0.15) is 361 Å². The van der Waals surface area contributed by atoms with Crippen LogP contribution in [0.4, 0.5) is 0 Å². The van der Waals surface area contributed by atoms with E-state index >= 15 is 0 Å². The van der Waals surface area contributed by atoms with Gasteiger partial charge in [0.15, 0.2) is 6.10 Å². The number of carbonyl (C=O) groups excluding carboxylic acids is 3. The molecule has 0 aliphatic carbocycles. The van der Waals surface area contributed by atoms with Gasteiger partial charge in [-0.2, -0.15) is 0 Å². The van der Waals surface area contributed by atoms with Crippen molar-refractivity contribution in [1.82, 2.24) is 0 Å². The van der Waals surface area contributed by atoms with Crippen LogP contribution >= 0.6 is 0 Å². The van der Waals surface area contributed by atoms with Gasteiger partial charge in [-0.25, -0.2) is 0 Å². The predicted octanol–water partition coefficient (Wildman–Crippen LogP) is 22.4. The monoisotopic (exact) mass is 1040 g/mol. The molecule has 74 heavy (non-hydrogen) atoms. The highest BCUT2D eigenvalue weighted by Gasteiger charge is 2.19. The maximum atomic E-state index is 12.9. The highest BCUT2D eigenvalue weighted by molar-refractivity contribution is 5.71. The van der Waals surface area contributed by atoms with Crippen molar-refractivity contribution in [3.8, 4) is 0 Å². The molecule has 0 N–H and O–H groups in total. The van der Waals surface area contributed by atoms with E-state index in [4.69, 9.17) is 14.2 Å². The van der Waals surface area contributed by atoms with Crippen LogP contribution in [0.25, 0.3) is 0 Å². The minimum Gasteiger partial charge on any atom is -0.462 e. The zero-order valence-electron chi connectivity index (χ0n) is 49.9. The first-order chi connectivity index (χ1) is 36.5. The van der Waals surface area contributed by atoms with Gasteiger partial charge in [0.05, 0.1) is 0 Å². The molecule has 0 spiro atoms. The molecule has 0 saturated heterocycles. The van der Waals surface area contributed by atoms with E-state index in [1.807, 2.05) is 0 Å². The van der Waals surface area contributed by atoms with Crippen LogP contribution < -0.4 is 0 Å². The van der Waals surface area contributed by atoms with E-state index in [0.29, 0.717) is 19.3 Å². The Morgan fingerprint density at radius 3 is 0.770 bits per heavy atom. The molecule has 6 nitrogen and oxygen atoms in total. The lowest BCUT2D eigenvalue weighted by atomic mass is 10.0. The minimum absolute atomic E-state index is 0.0714. The Balaban J connectivity index is 4.34. The number of rotatable bonds is 61. The molecular weight excluding hydrogens is 913 g/mol. The van der Waals surface area contributed by atoms with E-state index in [9.17, 15) is 14.4 Å². The molecule has 0 fully saturated rings. The summed E-state index contributed by atoms with van der Waals surface area (Å²) < 4.78 is 17.0. The van der Waals surface area contributed by atoms with E-state index in [2.05, 4.69) is 57.2 Å². The Morgan fingerprint density at radius 2 is 0.486 bits per heavy atom. The third-order valence-electron chi connectivity index (χ3n) is 14.9. The second-order valence-corrected chi connectivity index (χ2v) is 22.4. The van der Waals surface area contributed by atoms with Gasteiger partial charge in [-0.3, -0.25) is 14.4 Å². The molecule has 1 atom stereocenters. The summed E-state index contributed by atoms with van der Waals surface area (Å²) in [6.07, 6.45) is 77.2. The third-order valence-corrected chi connectivity index (χ3v) is 14.9. The first-order valence-corrected chi connectivity index (χ1v) is 33.0. The summed E-state index contributed by atoms with van der Waals surface area (Å²) in [5.41, 5.74) is 0. The summed E-state index contributed by atoms with van der Waals surface area (Å²) >= 11 is 0. The quantitative estimate of drug-likeness (QED) is 0.0261. The second kappa shape index (κ2) is 63.2. The fraction of sp³-hybridized carbons (Fsp3) is 0.868. The molecule has 0 aliphatic rings. The van der Waals surface area contributed by atoms with Gasteiger partial charge in [0.1, 0.15) is 13.2 Å². The van der Waals surface area contributed by atoms with Gasteiger partial charge in [0.2, 0.25) is 0 Å². The van der Waals surface area contributed by atoms with Crippen LogP contribution in [0, 0.1) is 0 Å². The Morgan fingerprint density at radius 1 is 0.270 bits per heavy atom. The predicted molar refractivity (Wildman–Crippen MR) is 321 cm³/mol. The summed E-state index contributed by atoms with van der Waals surface area (Å²) in [6, 6.07) is 0. The molecule has 0 bridgehead atoms. The Bertz CT molecular complexity index is 1240. The molecule has 0 aromatic rings. The van der Waals surface area contributed by atoms with Crippen LogP contribution in [0.5, 0.6) is 0 Å². The van der Waals surface area contributed by atoms with E-state index in [1.54, 1.807) is 0 Å². The molecule has 0 aromatic heterocycles. The lowest BCUT2D eigenvalue weighted by Gasteiger charge is -2.18. The van der Waals surface area contributed by atoms with Gasteiger partial charge in [-0.1, -0.05) is 301 Å². The Labute approximate surface area is 461 Å². The molecule has 0 amide bonds. The number of ether oxygens (including phenoxy) is 3. The normalized spacial score (nSPS) is 12.2. The zero-order valence-corrected chi connectivity index (χ0v) is 49.9. The summed E-state index contributed by atoms with van der Waals surface area (Å²) in [5.74, 6) is -0.855. The van der Waals surface area contributed by atoms with Crippen LogP contribution in [-0.4, -0.2) is 37.2 Å². The second-order valence-electron chi connectivity index (χ2n) is 22.4. The molecule has 1 unspecified atom stereocenters. The molecule has 434 valence electrons. The average molecular weight is 1040 g/mol. The fourth-order valence-corrected chi connectivity index (χ4v) is 9.88. The first kappa shape index (κ1) is 71.6. The minimum atomic E-state index is -0.775. The van der Waals surface area contributed by atoms with Gasteiger partial charge in [0, 0.05) is 19.3 Å². The van der Waals surface area contributed by atoms with Crippen molar-refractivity contribution in [2.24, 2.45) is 0 Å². The maximum Gasteiger partial charge on any atom is 0.306 e. The molecular formula is C68H126O6. The summed E-state index contributed by atoms with van der Waals surface area (Å²) in [6.45, 7) is 6.68. The van der Waals surface area contributed by atoms with Crippen molar-refractivity contribution < 1.29 is 28.6 Å². The molecule has 0 saturated carbocycles. The van der Waals surface area contributed by atoms with Crippen molar-refractivity contribution in [2.45, 2.75) is 367 Å². The highest BCUT2D eigenvalue weighted by atomic mass is 16.6.